The first-order chi connectivity index (χ1) is 13.8. The van der Waals surface area contributed by atoms with Crippen molar-refractivity contribution in [3.05, 3.63) is 91.4 Å². The minimum Gasteiger partial charge on any atom is -0.288 e. The van der Waals surface area contributed by atoms with Gasteiger partial charge in [-0.25, -0.2) is 4.68 Å². The summed E-state index contributed by atoms with van der Waals surface area (Å²) in [6.45, 7) is 10.6. The first-order valence-electron chi connectivity index (χ1n) is 9.69. The average molecular weight is 406 g/mol. The lowest BCUT2D eigenvalue weighted by Crippen LogP contribution is -2.23. The summed E-state index contributed by atoms with van der Waals surface area (Å²) in [5.74, 6) is 0. The molecule has 0 unspecified atom stereocenters. The molecule has 0 aliphatic rings. The highest BCUT2D eigenvalue weighted by molar-refractivity contribution is 6.31. The van der Waals surface area contributed by atoms with E-state index < -0.39 is 0 Å². The number of aryl methyl sites for hydroxylation is 4. The number of fused-ring (bicyclic) bond motifs is 1. The summed E-state index contributed by atoms with van der Waals surface area (Å²) in [7, 11) is 0. The molecule has 0 atom stereocenters. The number of hydrogen-bond donors (Lipinski definition) is 0. The minimum atomic E-state index is -0.0308. The summed E-state index contributed by atoms with van der Waals surface area (Å²) in [5, 5.41) is 6.49. The number of hydrogen-bond acceptors (Lipinski definition) is 2. The van der Waals surface area contributed by atoms with E-state index in [2.05, 4.69) is 32.0 Å². The molecule has 148 valence electrons. The van der Waals surface area contributed by atoms with Gasteiger partial charge in [-0.05, 0) is 69.0 Å². The number of aromatic nitrogens is 3. The Morgan fingerprint density at radius 2 is 1.72 bits per heavy atom. The molecule has 0 N–H and O–H groups in total. The largest absolute Gasteiger partial charge is 0.288 e. The van der Waals surface area contributed by atoms with Crippen LogP contribution in [0.25, 0.3) is 16.7 Å². The van der Waals surface area contributed by atoms with Crippen molar-refractivity contribution < 1.29 is 0 Å². The van der Waals surface area contributed by atoms with Gasteiger partial charge in [-0.2, -0.15) is 5.10 Å². The van der Waals surface area contributed by atoms with E-state index in [0.29, 0.717) is 11.6 Å². The summed E-state index contributed by atoms with van der Waals surface area (Å²) < 4.78 is 3.69. The molecule has 0 fully saturated rings. The average Bonchev–Trinajstić information content (AvgIpc) is 3.01. The Kier molecular flexibility index (Phi) is 4.83. The van der Waals surface area contributed by atoms with Gasteiger partial charge in [0.2, 0.25) is 0 Å². The molecule has 4 aromatic rings. The summed E-state index contributed by atoms with van der Waals surface area (Å²) in [4.78, 5) is 13.1. The van der Waals surface area contributed by atoms with Gasteiger partial charge in [-0.3, -0.25) is 9.36 Å². The highest BCUT2D eigenvalue weighted by Gasteiger charge is 2.19. The molecule has 0 radical (unpaired) electrons. The maximum Gasteiger partial charge on any atom is 0.252 e. The SMILES string of the molecule is Cc1ccc(C)c(Cn2c(=O)cc(C)c3c(C)nn(-c4cccc(Cl)c4C)c32)c1. The van der Waals surface area contributed by atoms with E-state index in [1.165, 1.54) is 5.56 Å². The van der Waals surface area contributed by atoms with Crippen molar-refractivity contribution in [2.75, 3.05) is 0 Å². The predicted octanol–water partition coefficient (Wildman–Crippen LogP) is 5.43. The fourth-order valence-corrected chi connectivity index (χ4v) is 4.12. The molecule has 4 rings (SSSR count). The zero-order valence-corrected chi connectivity index (χ0v) is 18.1. The number of benzene rings is 2. The fourth-order valence-electron chi connectivity index (χ4n) is 3.95. The van der Waals surface area contributed by atoms with Crippen molar-refractivity contribution in [3.8, 4) is 5.69 Å². The number of nitrogens with zero attached hydrogens (tertiary/aromatic N) is 3. The van der Waals surface area contributed by atoms with Gasteiger partial charge in [-0.1, -0.05) is 41.4 Å². The Hall–Kier alpha value is -2.85. The smallest absolute Gasteiger partial charge is 0.252 e. The number of pyridine rings is 1. The monoisotopic (exact) mass is 405 g/mol. The maximum absolute atomic E-state index is 13.1. The van der Waals surface area contributed by atoms with Crippen LogP contribution in [0.2, 0.25) is 5.02 Å². The van der Waals surface area contributed by atoms with E-state index in [1.54, 1.807) is 6.07 Å². The molecule has 2 aromatic carbocycles. The second kappa shape index (κ2) is 7.20. The van der Waals surface area contributed by atoms with Gasteiger partial charge < -0.3 is 0 Å². The Morgan fingerprint density at radius 1 is 0.966 bits per heavy atom. The fraction of sp³-hybridized carbons (Fsp3) is 0.250. The van der Waals surface area contributed by atoms with Crippen molar-refractivity contribution in [1.82, 2.24) is 14.3 Å². The number of halogens is 1. The highest BCUT2D eigenvalue weighted by Crippen LogP contribution is 2.28. The normalized spacial score (nSPS) is 11.4. The lowest BCUT2D eigenvalue weighted by atomic mass is 10.1. The molecule has 0 aliphatic carbocycles. The molecule has 5 heteroatoms. The molecule has 0 saturated carbocycles. The van der Waals surface area contributed by atoms with E-state index in [4.69, 9.17) is 16.7 Å². The Labute approximate surface area is 175 Å². The standard InChI is InChI=1S/C24H24ClN3O/c1-14-9-10-15(2)19(11-14)13-27-22(29)12-16(3)23-18(5)26-28(24(23)27)21-8-6-7-20(25)17(21)4/h6-12H,13H2,1-5H3. The lowest BCUT2D eigenvalue weighted by molar-refractivity contribution is 0.745. The van der Waals surface area contributed by atoms with Crippen LogP contribution < -0.4 is 5.56 Å². The third-order valence-corrected chi connectivity index (χ3v) is 6.00. The van der Waals surface area contributed by atoms with Crippen LogP contribution in [-0.4, -0.2) is 14.3 Å². The molecule has 2 heterocycles. The van der Waals surface area contributed by atoms with Gasteiger partial charge in [0, 0.05) is 16.5 Å². The van der Waals surface area contributed by atoms with Gasteiger partial charge in [0.1, 0.15) is 5.65 Å². The predicted molar refractivity (Wildman–Crippen MR) is 120 cm³/mol. The van der Waals surface area contributed by atoms with E-state index >= 15 is 0 Å². The van der Waals surface area contributed by atoms with Crippen LogP contribution in [0.5, 0.6) is 0 Å². The van der Waals surface area contributed by atoms with Crippen molar-refractivity contribution in [2.45, 2.75) is 41.2 Å². The molecule has 4 nitrogen and oxygen atoms in total. The Morgan fingerprint density at radius 3 is 2.48 bits per heavy atom. The van der Waals surface area contributed by atoms with Crippen molar-refractivity contribution in [3.63, 3.8) is 0 Å². The van der Waals surface area contributed by atoms with Gasteiger partial charge in [0.05, 0.1) is 17.9 Å². The van der Waals surface area contributed by atoms with E-state index in [1.807, 2.05) is 48.2 Å². The molecular weight excluding hydrogens is 382 g/mol. The first-order valence-corrected chi connectivity index (χ1v) is 10.1. The molecule has 0 aliphatic heterocycles. The van der Waals surface area contributed by atoms with Crippen LogP contribution in [0, 0.1) is 34.6 Å². The van der Waals surface area contributed by atoms with Gasteiger partial charge >= 0.3 is 0 Å². The van der Waals surface area contributed by atoms with E-state index in [9.17, 15) is 4.79 Å². The molecule has 29 heavy (non-hydrogen) atoms. The summed E-state index contributed by atoms with van der Waals surface area (Å²) in [6.07, 6.45) is 0. The van der Waals surface area contributed by atoms with Crippen molar-refractivity contribution >= 4 is 22.6 Å². The minimum absolute atomic E-state index is 0.0308. The zero-order chi connectivity index (χ0) is 20.9. The second-order valence-electron chi connectivity index (χ2n) is 7.76. The van der Waals surface area contributed by atoms with Crippen LogP contribution >= 0.6 is 11.6 Å². The van der Waals surface area contributed by atoms with Gasteiger partial charge in [0.25, 0.3) is 5.56 Å². The maximum atomic E-state index is 13.1. The highest BCUT2D eigenvalue weighted by atomic mass is 35.5. The summed E-state index contributed by atoms with van der Waals surface area (Å²) in [5.41, 5.74) is 7.90. The first kappa shape index (κ1) is 19.5. The van der Waals surface area contributed by atoms with Gasteiger partial charge in [0.15, 0.2) is 0 Å². The van der Waals surface area contributed by atoms with Crippen molar-refractivity contribution in [2.24, 2.45) is 0 Å². The van der Waals surface area contributed by atoms with Crippen LogP contribution in [0.1, 0.15) is 33.5 Å². The summed E-state index contributed by atoms with van der Waals surface area (Å²) >= 11 is 6.38. The van der Waals surface area contributed by atoms with Crippen LogP contribution in [0.4, 0.5) is 0 Å². The Bertz CT molecular complexity index is 1310. The van der Waals surface area contributed by atoms with Crippen LogP contribution in [-0.2, 0) is 6.54 Å². The molecule has 0 saturated heterocycles. The van der Waals surface area contributed by atoms with E-state index in [-0.39, 0.29) is 5.56 Å². The van der Waals surface area contributed by atoms with Gasteiger partial charge in [-0.15, -0.1) is 0 Å². The molecule has 0 spiro atoms. The van der Waals surface area contributed by atoms with E-state index in [0.717, 1.165) is 44.7 Å². The third-order valence-electron chi connectivity index (χ3n) is 5.59. The summed E-state index contributed by atoms with van der Waals surface area (Å²) in [6, 6.07) is 13.8. The second-order valence-corrected chi connectivity index (χ2v) is 8.17. The topological polar surface area (TPSA) is 39.8 Å². The lowest BCUT2D eigenvalue weighted by Gasteiger charge is -2.15. The molecule has 0 bridgehead atoms. The third kappa shape index (κ3) is 3.28. The number of rotatable bonds is 3. The Balaban J connectivity index is 2.06. The molecular formula is C24H24ClN3O. The molecule has 0 amide bonds. The quantitative estimate of drug-likeness (QED) is 0.456. The van der Waals surface area contributed by atoms with Crippen molar-refractivity contribution in [1.29, 1.82) is 0 Å². The van der Waals surface area contributed by atoms with Crippen LogP contribution in [0.3, 0.4) is 0 Å². The zero-order valence-electron chi connectivity index (χ0n) is 17.4. The molecule has 2 aromatic heterocycles. The van der Waals surface area contributed by atoms with Crippen LogP contribution in [0.15, 0.2) is 47.3 Å².